The molecule has 0 fully saturated rings. The first kappa shape index (κ1) is 17.5. The Hall–Kier alpha value is -3.62. The van der Waals surface area contributed by atoms with Crippen LogP contribution in [0.15, 0.2) is 37.1 Å². The summed E-state index contributed by atoms with van der Waals surface area (Å²) in [6.45, 7) is 0.596. The third-order valence-electron chi connectivity index (χ3n) is 5.07. The van der Waals surface area contributed by atoms with Crippen LogP contribution in [0.2, 0.25) is 0 Å². The van der Waals surface area contributed by atoms with E-state index in [2.05, 4.69) is 25.1 Å². The first-order valence-corrected chi connectivity index (χ1v) is 9.21. The molecule has 0 bridgehead atoms. The Balaban J connectivity index is 1.47. The number of ether oxygens (including phenoxy) is 2. The molecule has 146 valence electrons. The second-order valence-electron chi connectivity index (χ2n) is 6.67. The van der Waals surface area contributed by atoms with Gasteiger partial charge in [0, 0.05) is 48.1 Å². The van der Waals surface area contributed by atoms with Gasteiger partial charge in [0.1, 0.15) is 23.7 Å². The Morgan fingerprint density at radius 3 is 2.83 bits per heavy atom. The predicted octanol–water partition coefficient (Wildman–Crippen LogP) is 2.45. The molecule has 0 spiro atoms. The minimum atomic E-state index is -0.207. The lowest BCUT2D eigenvalue weighted by molar-refractivity contribution is 0.356. The number of benzene rings is 1. The summed E-state index contributed by atoms with van der Waals surface area (Å²) in [5, 5.41) is 8.25. The maximum atomic E-state index is 14.4. The molecule has 0 atom stereocenters. The second-order valence-corrected chi connectivity index (χ2v) is 6.67. The van der Waals surface area contributed by atoms with Gasteiger partial charge in [-0.05, 0) is 24.1 Å². The number of halogens is 1. The molecular formula is C20H17FN6O2. The molecule has 0 unspecified atom stereocenters. The fourth-order valence-electron chi connectivity index (χ4n) is 3.64. The van der Waals surface area contributed by atoms with E-state index in [4.69, 9.17) is 9.47 Å². The molecule has 8 nitrogen and oxygen atoms in total. The minimum absolute atomic E-state index is 0.207. The second kappa shape index (κ2) is 7.08. The summed E-state index contributed by atoms with van der Waals surface area (Å²) in [5.41, 5.74) is 3.81. The molecule has 4 aromatic rings. The molecule has 0 radical (unpaired) electrons. The van der Waals surface area contributed by atoms with Crippen molar-refractivity contribution in [2.75, 3.05) is 13.7 Å². The van der Waals surface area contributed by atoms with Crippen molar-refractivity contribution in [2.24, 2.45) is 0 Å². The van der Waals surface area contributed by atoms with Gasteiger partial charge in [0.2, 0.25) is 0 Å². The SMILES string of the molecule is COc1ncc(-c2cnc(CCc3c(F)ccc4c3CCO4)n3cnnc23)cn1. The quantitative estimate of drug-likeness (QED) is 0.515. The molecule has 1 aliphatic rings. The van der Waals surface area contributed by atoms with E-state index in [1.807, 2.05) is 4.40 Å². The van der Waals surface area contributed by atoms with E-state index in [9.17, 15) is 4.39 Å². The van der Waals surface area contributed by atoms with Crippen molar-refractivity contribution in [3.63, 3.8) is 0 Å². The van der Waals surface area contributed by atoms with Gasteiger partial charge in [-0.25, -0.2) is 19.3 Å². The average Bonchev–Trinajstić information content (AvgIpc) is 3.43. The molecule has 1 aliphatic heterocycles. The lowest BCUT2D eigenvalue weighted by Crippen LogP contribution is -2.06. The minimum Gasteiger partial charge on any atom is -0.493 e. The monoisotopic (exact) mass is 392 g/mol. The topological polar surface area (TPSA) is 87.3 Å². The first-order chi connectivity index (χ1) is 14.2. The summed E-state index contributed by atoms with van der Waals surface area (Å²) in [6, 6.07) is 3.45. The molecule has 0 amide bonds. The Labute approximate surface area is 165 Å². The van der Waals surface area contributed by atoms with Gasteiger partial charge in [-0.2, -0.15) is 0 Å². The van der Waals surface area contributed by atoms with Crippen LogP contribution in [0.3, 0.4) is 0 Å². The zero-order valence-electron chi connectivity index (χ0n) is 15.7. The summed E-state index contributed by atoms with van der Waals surface area (Å²) < 4.78 is 26.8. The van der Waals surface area contributed by atoms with Crippen LogP contribution >= 0.6 is 0 Å². The highest BCUT2D eigenvalue weighted by molar-refractivity contribution is 5.75. The highest BCUT2D eigenvalue weighted by atomic mass is 19.1. The van der Waals surface area contributed by atoms with Crippen LogP contribution in [0.5, 0.6) is 11.8 Å². The smallest absolute Gasteiger partial charge is 0.316 e. The maximum absolute atomic E-state index is 14.4. The molecule has 0 N–H and O–H groups in total. The first-order valence-electron chi connectivity index (χ1n) is 9.21. The number of hydrogen-bond acceptors (Lipinski definition) is 7. The van der Waals surface area contributed by atoms with Gasteiger partial charge in [0.05, 0.1) is 13.7 Å². The third kappa shape index (κ3) is 3.04. The number of rotatable bonds is 5. The van der Waals surface area contributed by atoms with Crippen LogP contribution in [0.25, 0.3) is 16.8 Å². The Morgan fingerprint density at radius 2 is 2.00 bits per heavy atom. The lowest BCUT2D eigenvalue weighted by atomic mass is 10.00. The molecular weight excluding hydrogens is 375 g/mol. The molecule has 0 aliphatic carbocycles. The van der Waals surface area contributed by atoms with E-state index in [0.717, 1.165) is 34.7 Å². The van der Waals surface area contributed by atoms with E-state index >= 15 is 0 Å². The molecule has 3 aromatic heterocycles. The average molecular weight is 392 g/mol. The summed E-state index contributed by atoms with van der Waals surface area (Å²) >= 11 is 0. The van der Waals surface area contributed by atoms with Gasteiger partial charge in [0.15, 0.2) is 5.65 Å². The summed E-state index contributed by atoms with van der Waals surface area (Å²) in [4.78, 5) is 12.8. The molecule has 4 heterocycles. The van der Waals surface area contributed by atoms with Crippen LogP contribution in [0, 0.1) is 5.82 Å². The highest BCUT2D eigenvalue weighted by Gasteiger charge is 2.20. The van der Waals surface area contributed by atoms with E-state index in [0.29, 0.717) is 30.7 Å². The van der Waals surface area contributed by atoms with Crippen molar-refractivity contribution in [1.82, 2.24) is 29.5 Å². The van der Waals surface area contributed by atoms with E-state index in [1.54, 1.807) is 31.0 Å². The molecule has 29 heavy (non-hydrogen) atoms. The number of methoxy groups -OCH3 is 1. The van der Waals surface area contributed by atoms with E-state index < -0.39 is 0 Å². The highest BCUT2D eigenvalue weighted by Crippen LogP contribution is 2.31. The predicted molar refractivity (Wildman–Crippen MR) is 101 cm³/mol. The summed E-state index contributed by atoms with van der Waals surface area (Å²) in [7, 11) is 1.51. The van der Waals surface area contributed by atoms with Crippen LogP contribution in [-0.2, 0) is 19.3 Å². The summed E-state index contributed by atoms with van der Waals surface area (Å²) in [5.74, 6) is 1.32. The maximum Gasteiger partial charge on any atom is 0.316 e. The lowest BCUT2D eigenvalue weighted by Gasteiger charge is -2.10. The van der Waals surface area contributed by atoms with Crippen LogP contribution in [-0.4, -0.2) is 43.3 Å². The fourth-order valence-corrected chi connectivity index (χ4v) is 3.64. The summed E-state index contributed by atoms with van der Waals surface area (Å²) in [6.07, 6.45) is 8.43. The van der Waals surface area contributed by atoms with Gasteiger partial charge >= 0.3 is 6.01 Å². The van der Waals surface area contributed by atoms with Crippen molar-refractivity contribution in [1.29, 1.82) is 0 Å². The van der Waals surface area contributed by atoms with Gasteiger partial charge in [-0.15, -0.1) is 10.2 Å². The number of aryl methyl sites for hydroxylation is 1. The molecule has 9 heteroatoms. The van der Waals surface area contributed by atoms with Crippen molar-refractivity contribution in [3.8, 4) is 22.9 Å². The molecule has 1 aromatic carbocycles. The van der Waals surface area contributed by atoms with Gasteiger partial charge in [-0.1, -0.05) is 0 Å². The van der Waals surface area contributed by atoms with Crippen LogP contribution in [0.4, 0.5) is 4.39 Å². The number of aromatic nitrogens is 6. The normalized spacial score (nSPS) is 12.8. The van der Waals surface area contributed by atoms with Crippen LogP contribution < -0.4 is 9.47 Å². The number of nitrogens with zero attached hydrogens (tertiary/aromatic N) is 6. The van der Waals surface area contributed by atoms with Gasteiger partial charge in [-0.3, -0.25) is 4.40 Å². The third-order valence-corrected chi connectivity index (χ3v) is 5.07. The van der Waals surface area contributed by atoms with Gasteiger partial charge < -0.3 is 9.47 Å². The number of hydrogen-bond donors (Lipinski definition) is 0. The Kier molecular flexibility index (Phi) is 4.27. The van der Waals surface area contributed by atoms with Crippen molar-refractivity contribution < 1.29 is 13.9 Å². The number of fused-ring (bicyclic) bond motifs is 2. The van der Waals surface area contributed by atoms with Crippen molar-refractivity contribution in [3.05, 3.63) is 59.8 Å². The molecule has 0 saturated carbocycles. The largest absolute Gasteiger partial charge is 0.493 e. The van der Waals surface area contributed by atoms with E-state index in [-0.39, 0.29) is 11.8 Å². The standard InChI is InChI=1S/C20H17FN6O2/c1-28-20-23-8-12(9-24-20)15-10-22-18(27-11-25-26-19(15)27)5-2-13-14-6-7-29-17(14)4-3-16(13)21/h3-4,8-11H,2,5-7H2,1H3. The molecule has 0 saturated heterocycles. The van der Waals surface area contributed by atoms with E-state index in [1.165, 1.54) is 13.2 Å². The molecule has 5 rings (SSSR count). The van der Waals surface area contributed by atoms with Crippen molar-refractivity contribution in [2.45, 2.75) is 19.3 Å². The Morgan fingerprint density at radius 1 is 1.14 bits per heavy atom. The van der Waals surface area contributed by atoms with Crippen LogP contribution in [0.1, 0.15) is 17.0 Å². The van der Waals surface area contributed by atoms with Crippen molar-refractivity contribution >= 4 is 5.65 Å². The fraction of sp³-hybridized carbons (Fsp3) is 0.250. The Bertz CT molecular complexity index is 1190. The van der Waals surface area contributed by atoms with Gasteiger partial charge in [0.25, 0.3) is 0 Å². The zero-order chi connectivity index (χ0) is 19.8. The zero-order valence-corrected chi connectivity index (χ0v) is 15.7.